The minimum absolute atomic E-state index is 0.0109. The first-order valence-electron chi connectivity index (χ1n) is 5.43. The van der Waals surface area contributed by atoms with Gasteiger partial charge in [-0.3, -0.25) is 4.79 Å². The van der Waals surface area contributed by atoms with Gasteiger partial charge in [-0.1, -0.05) is 41.9 Å². The van der Waals surface area contributed by atoms with Crippen molar-refractivity contribution >= 4 is 23.5 Å². The first kappa shape index (κ1) is 12.4. The molecule has 0 aliphatic rings. The van der Waals surface area contributed by atoms with Crippen LogP contribution in [0.25, 0.3) is 6.08 Å². The summed E-state index contributed by atoms with van der Waals surface area (Å²) in [5.41, 5.74) is 1.17. The summed E-state index contributed by atoms with van der Waals surface area (Å²) in [7, 11) is 0. The van der Waals surface area contributed by atoms with Gasteiger partial charge in [-0.05, 0) is 35.9 Å². The standard InChI is InChI=1S/C15H11ClO2/c16-12-8-5-11(6-9-12)7-10-15(18)13-3-1-2-4-14(13)17/h1-10,17H/b10-7+. The molecule has 2 nitrogen and oxygen atoms in total. The zero-order valence-electron chi connectivity index (χ0n) is 9.51. The molecule has 0 spiro atoms. The zero-order chi connectivity index (χ0) is 13.0. The van der Waals surface area contributed by atoms with Gasteiger partial charge in [0.15, 0.2) is 5.78 Å². The Balaban J connectivity index is 2.17. The van der Waals surface area contributed by atoms with Crippen molar-refractivity contribution in [3.05, 3.63) is 70.8 Å². The molecule has 0 heterocycles. The molecule has 0 atom stereocenters. The number of para-hydroxylation sites is 1. The van der Waals surface area contributed by atoms with Crippen molar-refractivity contribution in [3.63, 3.8) is 0 Å². The largest absolute Gasteiger partial charge is 0.507 e. The number of allylic oxidation sites excluding steroid dienone is 1. The van der Waals surface area contributed by atoms with Gasteiger partial charge in [0, 0.05) is 5.02 Å². The fraction of sp³-hybridized carbons (Fsp3) is 0. The van der Waals surface area contributed by atoms with Crippen molar-refractivity contribution in [1.29, 1.82) is 0 Å². The average Bonchev–Trinajstić information content (AvgIpc) is 2.38. The fourth-order valence-electron chi connectivity index (χ4n) is 1.52. The summed E-state index contributed by atoms with van der Waals surface area (Å²) in [4.78, 5) is 11.8. The van der Waals surface area contributed by atoms with E-state index in [1.165, 1.54) is 12.1 Å². The number of hydrogen-bond donors (Lipinski definition) is 1. The van der Waals surface area contributed by atoms with Gasteiger partial charge < -0.3 is 5.11 Å². The van der Waals surface area contributed by atoms with Gasteiger partial charge in [0.25, 0.3) is 0 Å². The summed E-state index contributed by atoms with van der Waals surface area (Å²) in [6.07, 6.45) is 3.11. The third-order valence-corrected chi connectivity index (χ3v) is 2.72. The molecule has 0 amide bonds. The van der Waals surface area contributed by atoms with E-state index in [1.54, 1.807) is 36.4 Å². The van der Waals surface area contributed by atoms with Gasteiger partial charge in [0.05, 0.1) is 5.56 Å². The highest BCUT2D eigenvalue weighted by molar-refractivity contribution is 6.30. The van der Waals surface area contributed by atoms with Gasteiger partial charge in [-0.25, -0.2) is 0 Å². The second-order valence-corrected chi connectivity index (χ2v) is 4.20. The van der Waals surface area contributed by atoms with Crippen LogP contribution in [-0.4, -0.2) is 10.9 Å². The van der Waals surface area contributed by atoms with Crippen molar-refractivity contribution in [1.82, 2.24) is 0 Å². The van der Waals surface area contributed by atoms with Crippen LogP contribution >= 0.6 is 11.6 Å². The number of carbonyl (C=O) groups excluding carboxylic acids is 1. The number of aromatic hydroxyl groups is 1. The Kier molecular flexibility index (Phi) is 3.80. The number of ketones is 1. The Morgan fingerprint density at radius 1 is 1.06 bits per heavy atom. The molecule has 0 bridgehead atoms. The predicted octanol–water partition coefficient (Wildman–Crippen LogP) is 3.94. The van der Waals surface area contributed by atoms with E-state index < -0.39 is 0 Å². The fourth-order valence-corrected chi connectivity index (χ4v) is 1.64. The number of benzene rings is 2. The van der Waals surface area contributed by atoms with Crippen LogP contribution in [0.3, 0.4) is 0 Å². The van der Waals surface area contributed by atoms with Crippen LogP contribution < -0.4 is 0 Å². The van der Waals surface area contributed by atoms with Crippen LogP contribution in [0.5, 0.6) is 5.75 Å². The van der Waals surface area contributed by atoms with Crippen molar-refractivity contribution in [2.75, 3.05) is 0 Å². The van der Waals surface area contributed by atoms with E-state index in [-0.39, 0.29) is 11.5 Å². The number of phenols is 1. The highest BCUT2D eigenvalue weighted by Crippen LogP contribution is 2.17. The van der Waals surface area contributed by atoms with Gasteiger partial charge >= 0.3 is 0 Å². The van der Waals surface area contributed by atoms with Gasteiger partial charge in [-0.2, -0.15) is 0 Å². The second-order valence-electron chi connectivity index (χ2n) is 3.77. The zero-order valence-corrected chi connectivity index (χ0v) is 10.3. The maximum absolute atomic E-state index is 11.8. The molecule has 0 aliphatic carbocycles. The van der Waals surface area contributed by atoms with E-state index in [0.717, 1.165) is 5.56 Å². The number of hydrogen-bond acceptors (Lipinski definition) is 2. The molecule has 0 aromatic heterocycles. The molecular weight excluding hydrogens is 248 g/mol. The Labute approximate surface area is 110 Å². The van der Waals surface area contributed by atoms with E-state index in [2.05, 4.69) is 0 Å². The van der Waals surface area contributed by atoms with Crippen LogP contribution in [0.15, 0.2) is 54.6 Å². The third-order valence-electron chi connectivity index (χ3n) is 2.47. The normalized spacial score (nSPS) is 10.7. The van der Waals surface area contributed by atoms with E-state index in [0.29, 0.717) is 10.6 Å². The summed E-state index contributed by atoms with van der Waals surface area (Å²) in [6.45, 7) is 0. The van der Waals surface area contributed by atoms with Crippen molar-refractivity contribution in [2.24, 2.45) is 0 Å². The van der Waals surface area contributed by atoms with Crippen molar-refractivity contribution < 1.29 is 9.90 Å². The smallest absolute Gasteiger partial charge is 0.189 e. The van der Waals surface area contributed by atoms with Crippen molar-refractivity contribution in [3.8, 4) is 5.75 Å². The molecule has 0 saturated heterocycles. The lowest BCUT2D eigenvalue weighted by Gasteiger charge is -1.99. The molecule has 0 fully saturated rings. The number of rotatable bonds is 3. The van der Waals surface area contributed by atoms with E-state index in [1.807, 2.05) is 12.1 Å². The third kappa shape index (κ3) is 2.99. The average molecular weight is 259 g/mol. The number of carbonyl (C=O) groups is 1. The molecule has 2 aromatic rings. The van der Waals surface area contributed by atoms with Crippen molar-refractivity contribution in [2.45, 2.75) is 0 Å². The molecule has 0 radical (unpaired) electrons. The SMILES string of the molecule is O=C(/C=C/c1ccc(Cl)cc1)c1ccccc1O. The molecule has 2 aromatic carbocycles. The number of halogens is 1. The highest BCUT2D eigenvalue weighted by atomic mass is 35.5. The van der Waals surface area contributed by atoms with Crippen LogP contribution in [0.1, 0.15) is 15.9 Å². The predicted molar refractivity (Wildman–Crippen MR) is 72.9 cm³/mol. The molecule has 0 aliphatic heterocycles. The number of phenolic OH excluding ortho intramolecular Hbond substituents is 1. The molecule has 0 unspecified atom stereocenters. The molecule has 1 N–H and O–H groups in total. The summed E-state index contributed by atoms with van der Waals surface area (Å²) in [6, 6.07) is 13.6. The summed E-state index contributed by atoms with van der Waals surface area (Å²) >= 11 is 5.77. The molecular formula is C15H11ClO2. The Hall–Kier alpha value is -2.06. The van der Waals surface area contributed by atoms with Gasteiger partial charge in [0.2, 0.25) is 0 Å². The van der Waals surface area contributed by atoms with Gasteiger partial charge in [-0.15, -0.1) is 0 Å². The monoisotopic (exact) mass is 258 g/mol. The minimum Gasteiger partial charge on any atom is -0.507 e. The van der Waals surface area contributed by atoms with E-state index >= 15 is 0 Å². The van der Waals surface area contributed by atoms with Crippen LogP contribution in [0.2, 0.25) is 5.02 Å². The Bertz CT molecular complexity index is 586. The second kappa shape index (κ2) is 5.52. The summed E-state index contributed by atoms with van der Waals surface area (Å²) in [5, 5.41) is 10.2. The molecule has 0 saturated carbocycles. The van der Waals surface area contributed by atoms with E-state index in [9.17, 15) is 9.90 Å². The molecule has 2 rings (SSSR count). The molecule has 18 heavy (non-hydrogen) atoms. The lowest BCUT2D eigenvalue weighted by molar-refractivity contribution is 0.104. The summed E-state index contributed by atoms with van der Waals surface area (Å²) < 4.78 is 0. The maximum Gasteiger partial charge on any atom is 0.189 e. The minimum atomic E-state index is -0.233. The lowest BCUT2D eigenvalue weighted by Crippen LogP contribution is -1.94. The lowest BCUT2D eigenvalue weighted by atomic mass is 10.1. The quantitative estimate of drug-likeness (QED) is 0.669. The summed E-state index contributed by atoms with van der Waals surface area (Å²) in [5.74, 6) is -0.244. The van der Waals surface area contributed by atoms with Gasteiger partial charge in [0.1, 0.15) is 5.75 Å². The first-order valence-corrected chi connectivity index (χ1v) is 5.80. The maximum atomic E-state index is 11.8. The topological polar surface area (TPSA) is 37.3 Å². The van der Waals surface area contributed by atoms with E-state index in [4.69, 9.17) is 11.6 Å². The Morgan fingerprint density at radius 2 is 1.72 bits per heavy atom. The highest BCUT2D eigenvalue weighted by Gasteiger charge is 2.06. The van der Waals surface area contributed by atoms with Crippen LogP contribution in [0, 0.1) is 0 Å². The molecule has 3 heteroatoms. The first-order chi connectivity index (χ1) is 8.66. The van der Waals surface area contributed by atoms with Crippen LogP contribution in [0.4, 0.5) is 0 Å². The Morgan fingerprint density at radius 3 is 2.39 bits per heavy atom. The van der Waals surface area contributed by atoms with Crippen LogP contribution in [-0.2, 0) is 0 Å². The molecule has 90 valence electrons.